The number of hydrogen-bond acceptors (Lipinski definition) is 6. The molecule has 4 heterocycles. The van der Waals surface area contributed by atoms with E-state index in [1.807, 2.05) is 6.07 Å². The fourth-order valence-electron chi connectivity index (χ4n) is 3.41. The number of halogens is 1. The Bertz CT molecular complexity index is 1140. The van der Waals surface area contributed by atoms with Gasteiger partial charge < -0.3 is 19.9 Å². The Kier molecular flexibility index (Phi) is 5.87. The molecule has 1 saturated heterocycles. The SMILES string of the molecule is C[C@H]1CNCCN1c1ccc(-n2ccc(OCc3ccc(Cl)cn3)cc2=O)c(=O)[nH]1. The van der Waals surface area contributed by atoms with Crippen molar-refractivity contribution in [1.29, 1.82) is 0 Å². The molecule has 156 valence electrons. The lowest BCUT2D eigenvalue weighted by molar-refractivity contribution is 0.300. The van der Waals surface area contributed by atoms with Crippen LogP contribution in [-0.4, -0.2) is 40.2 Å². The Morgan fingerprint density at radius 3 is 2.80 bits per heavy atom. The van der Waals surface area contributed by atoms with Crippen molar-refractivity contribution in [2.75, 3.05) is 24.5 Å². The topological polar surface area (TPSA) is 92.2 Å². The molecule has 4 rings (SSSR count). The molecule has 0 aliphatic carbocycles. The Labute approximate surface area is 178 Å². The molecule has 1 fully saturated rings. The molecule has 0 bridgehead atoms. The highest BCUT2D eigenvalue weighted by atomic mass is 35.5. The number of aromatic amines is 1. The summed E-state index contributed by atoms with van der Waals surface area (Å²) in [6, 6.07) is 10.2. The minimum Gasteiger partial charge on any atom is -0.487 e. The first-order valence-electron chi connectivity index (χ1n) is 9.68. The van der Waals surface area contributed by atoms with Gasteiger partial charge in [-0.25, -0.2) is 0 Å². The number of pyridine rings is 3. The van der Waals surface area contributed by atoms with Crippen LogP contribution in [0.1, 0.15) is 12.6 Å². The van der Waals surface area contributed by atoms with Crippen LogP contribution in [0.15, 0.2) is 58.4 Å². The second kappa shape index (κ2) is 8.73. The monoisotopic (exact) mass is 427 g/mol. The van der Waals surface area contributed by atoms with Crippen molar-refractivity contribution in [1.82, 2.24) is 19.9 Å². The summed E-state index contributed by atoms with van der Waals surface area (Å²) in [5, 5.41) is 3.87. The number of aromatic nitrogens is 3. The minimum atomic E-state index is -0.356. The van der Waals surface area contributed by atoms with E-state index in [1.54, 1.807) is 24.3 Å². The van der Waals surface area contributed by atoms with Crippen LogP contribution in [0, 0.1) is 0 Å². The molecule has 0 spiro atoms. The van der Waals surface area contributed by atoms with Gasteiger partial charge in [-0.3, -0.25) is 19.1 Å². The van der Waals surface area contributed by atoms with Crippen molar-refractivity contribution in [3.05, 3.63) is 80.2 Å². The Morgan fingerprint density at radius 2 is 2.10 bits per heavy atom. The third kappa shape index (κ3) is 4.39. The highest BCUT2D eigenvalue weighted by Crippen LogP contribution is 2.16. The minimum absolute atomic E-state index is 0.207. The summed E-state index contributed by atoms with van der Waals surface area (Å²) in [5.41, 5.74) is 0.278. The van der Waals surface area contributed by atoms with Crippen LogP contribution in [0.4, 0.5) is 5.82 Å². The number of hydrogen-bond donors (Lipinski definition) is 2. The van der Waals surface area contributed by atoms with Crippen LogP contribution >= 0.6 is 11.6 Å². The number of anilines is 1. The molecule has 2 N–H and O–H groups in total. The van der Waals surface area contributed by atoms with Gasteiger partial charge in [0.25, 0.3) is 11.1 Å². The second-order valence-corrected chi connectivity index (χ2v) is 7.57. The number of rotatable bonds is 5. The van der Waals surface area contributed by atoms with Crippen molar-refractivity contribution in [2.24, 2.45) is 0 Å². The zero-order chi connectivity index (χ0) is 21.1. The maximum absolute atomic E-state index is 12.7. The van der Waals surface area contributed by atoms with Crippen molar-refractivity contribution in [2.45, 2.75) is 19.6 Å². The molecule has 0 amide bonds. The highest BCUT2D eigenvalue weighted by Gasteiger charge is 2.19. The fraction of sp³-hybridized carbons (Fsp3) is 0.286. The molecular weight excluding hydrogens is 406 g/mol. The van der Waals surface area contributed by atoms with Gasteiger partial charge in [0.15, 0.2) is 0 Å². The highest BCUT2D eigenvalue weighted by molar-refractivity contribution is 6.30. The lowest BCUT2D eigenvalue weighted by Crippen LogP contribution is -2.50. The van der Waals surface area contributed by atoms with E-state index < -0.39 is 0 Å². The molecule has 1 aliphatic rings. The molecule has 8 nitrogen and oxygen atoms in total. The van der Waals surface area contributed by atoms with E-state index in [2.05, 4.69) is 27.1 Å². The number of ether oxygens (including phenoxy) is 1. The summed E-state index contributed by atoms with van der Waals surface area (Å²) in [6.07, 6.45) is 3.07. The second-order valence-electron chi connectivity index (χ2n) is 7.13. The number of H-pyrrole nitrogens is 1. The Hall–Kier alpha value is -3.10. The first-order chi connectivity index (χ1) is 14.5. The third-order valence-electron chi connectivity index (χ3n) is 5.01. The maximum Gasteiger partial charge on any atom is 0.273 e. The van der Waals surface area contributed by atoms with E-state index in [1.165, 1.54) is 23.0 Å². The standard InChI is InChI=1S/C21H22ClN5O3/c1-14-11-23-7-9-26(14)19-5-4-18(21(29)25-19)27-8-6-17(10-20(27)28)30-13-16-3-2-15(22)12-24-16/h2-6,8,10,12,14,23H,7,9,11,13H2,1H3,(H,25,29)/t14-/m0/s1. The predicted octanol–water partition coefficient (Wildman–Crippen LogP) is 1.95. The first kappa shape index (κ1) is 20.2. The van der Waals surface area contributed by atoms with E-state index in [9.17, 15) is 9.59 Å². The van der Waals surface area contributed by atoms with Gasteiger partial charge in [0.05, 0.1) is 10.7 Å². The van der Waals surface area contributed by atoms with Gasteiger partial charge in [0, 0.05) is 44.1 Å². The number of piperazine rings is 1. The van der Waals surface area contributed by atoms with Gasteiger partial charge in [0.2, 0.25) is 0 Å². The van der Waals surface area contributed by atoms with Gasteiger partial charge in [-0.1, -0.05) is 11.6 Å². The lowest BCUT2D eigenvalue weighted by atomic mass is 10.2. The van der Waals surface area contributed by atoms with Crippen LogP contribution in [0.25, 0.3) is 5.69 Å². The predicted molar refractivity (Wildman–Crippen MR) is 116 cm³/mol. The van der Waals surface area contributed by atoms with Crippen LogP contribution < -0.4 is 26.1 Å². The summed E-state index contributed by atoms with van der Waals surface area (Å²) in [7, 11) is 0. The normalized spacial score (nSPS) is 16.5. The van der Waals surface area contributed by atoms with E-state index in [-0.39, 0.29) is 29.5 Å². The molecule has 3 aromatic rings. The molecule has 0 saturated carbocycles. The molecule has 30 heavy (non-hydrogen) atoms. The summed E-state index contributed by atoms with van der Waals surface area (Å²) in [5.74, 6) is 1.15. The average molecular weight is 428 g/mol. The molecule has 1 atom stereocenters. The number of nitrogens with zero attached hydrogens (tertiary/aromatic N) is 3. The molecular formula is C21H22ClN5O3. The zero-order valence-corrected chi connectivity index (χ0v) is 17.2. The van der Waals surface area contributed by atoms with E-state index in [0.717, 1.165) is 25.5 Å². The molecule has 0 radical (unpaired) electrons. The first-order valence-corrected chi connectivity index (χ1v) is 10.1. The van der Waals surface area contributed by atoms with Crippen LogP contribution in [0.2, 0.25) is 5.02 Å². The van der Waals surface area contributed by atoms with Crippen LogP contribution in [-0.2, 0) is 6.61 Å². The van der Waals surface area contributed by atoms with E-state index in [4.69, 9.17) is 16.3 Å². The quantitative estimate of drug-likeness (QED) is 0.646. The number of nitrogens with one attached hydrogen (secondary N) is 2. The zero-order valence-electron chi connectivity index (χ0n) is 16.5. The average Bonchev–Trinajstić information content (AvgIpc) is 2.74. The largest absolute Gasteiger partial charge is 0.487 e. The van der Waals surface area contributed by atoms with Crippen molar-refractivity contribution in [3.63, 3.8) is 0 Å². The molecule has 0 aromatic carbocycles. The van der Waals surface area contributed by atoms with Crippen molar-refractivity contribution in [3.8, 4) is 11.4 Å². The Balaban J connectivity index is 1.52. The molecule has 3 aromatic heterocycles. The van der Waals surface area contributed by atoms with Crippen molar-refractivity contribution < 1.29 is 4.74 Å². The van der Waals surface area contributed by atoms with Crippen molar-refractivity contribution >= 4 is 17.4 Å². The third-order valence-corrected chi connectivity index (χ3v) is 5.23. The van der Waals surface area contributed by atoms with Crippen LogP contribution in [0.3, 0.4) is 0 Å². The van der Waals surface area contributed by atoms with Crippen LogP contribution in [0.5, 0.6) is 5.75 Å². The van der Waals surface area contributed by atoms with Gasteiger partial charge in [-0.2, -0.15) is 0 Å². The van der Waals surface area contributed by atoms with Gasteiger partial charge in [-0.15, -0.1) is 0 Å². The van der Waals surface area contributed by atoms with E-state index >= 15 is 0 Å². The van der Waals surface area contributed by atoms with Gasteiger partial charge >= 0.3 is 0 Å². The Morgan fingerprint density at radius 1 is 1.23 bits per heavy atom. The molecule has 9 heteroatoms. The summed E-state index contributed by atoms with van der Waals surface area (Å²) in [6.45, 7) is 4.84. The van der Waals surface area contributed by atoms with Gasteiger partial charge in [0.1, 0.15) is 23.9 Å². The smallest absolute Gasteiger partial charge is 0.273 e. The van der Waals surface area contributed by atoms with E-state index in [0.29, 0.717) is 16.5 Å². The van der Waals surface area contributed by atoms with Gasteiger partial charge in [-0.05, 0) is 37.3 Å². The summed E-state index contributed by atoms with van der Waals surface area (Å²) >= 11 is 5.82. The maximum atomic E-state index is 12.7. The lowest BCUT2D eigenvalue weighted by Gasteiger charge is -2.35. The summed E-state index contributed by atoms with van der Waals surface area (Å²) in [4.78, 5) is 34.4. The summed E-state index contributed by atoms with van der Waals surface area (Å²) < 4.78 is 6.93. The molecule has 1 aliphatic heterocycles. The molecule has 0 unspecified atom stereocenters. The fourth-order valence-corrected chi connectivity index (χ4v) is 3.52.